The smallest absolute Gasteiger partial charge is 0.0988 e. The second-order valence-corrected chi connectivity index (χ2v) is 13.3. The number of unbranched alkanes of at least 4 members (excludes halogenated alkanes) is 2. The van der Waals surface area contributed by atoms with Crippen molar-refractivity contribution in [2.75, 3.05) is 22.9 Å². The molecule has 37 heavy (non-hydrogen) atoms. The average molecular weight is 529 g/mol. The molecule has 2 nitrogen and oxygen atoms in total. The lowest BCUT2D eigenvalue weighted by molar-refractivity contribution is 0.354. The lowest BCUT2D eigenvalue weighted by Crippen LogP contribution is -2.29. The highest BCUT2D eigenvalue weighted by Crippen LogP contribution is 2.47. The molecule has 0 aromatic heterocycles. The molecule has 4 heteroatoms. The van der Waals surface area contributed by atoms with Gasteiger partial charge in [0.2, 0.25) is 0 Å². The largest absolute Gasteiger partial charge is 0.355 e. The van der Waals surface area contributed by atoms with Gasteiger partial charge in [-0.1, -0.05) is 99.6 Å². The summed E-state index contributed by atoms with van der Waals surface area (Å²) in [5.74, 6) is 0. The normalized spacial score (nSPS) is 22.7. The van der Waals surface area contributed by atoms with Crippen LogP contribution in [0, 0.1) is 5.41 Å². The fourth-order valence-electron chi connectivity index (χ4n) is 5.69. The van der Waals surface area contributed by atoms with E-state index < -0.39 is 0 Å². The topological polar surface area (TPSA) is 6.48 Å². The number of anilines is 2. The summed E-state index contributed by atoms with van der Waals surface area (Å²) >= 11 is 3.89. The summed E-state index contributed by atoms with van der Waals surface area (Å²) in [4.78, 5) is 7.82. The number of benzene rings is 2. The van der Waals surface area contributed by atoms with Gasteiger partial charge < -0.3 is 9.80 Å². The SMILES string of the molecule is CCCCCN1c2ccccc2SC1C=C1C=C(C=CC=C2Sc3ccccc3N2CC)CC(C)(C)C1. The van der Waals surface area contributed by atoms with Gasteiger partial charge in [-0.3, -0.25) is 0 Å². The highest BCUT2D eigenvalue weighted by atomic mass is 32.2. The predicted molar refractivity (Wildman–Crippen MR) is 165 cm³/mol. The Morgan fingerprint density at radius 3 is 2.49 bits per heavy atom. The highest BCUT2D eigenvalue weighted by molar-refractivity contribution is 8.03. The molecule has 0 radical (unpaired) electrons. The summed E-state index contributed by atoms with van der Waals surface area (Å²) in [5.41, 5.74) is 5.92. The average Bonchev–Trinajstić information content (AvgIpc) is 3.40. The van der Waals surface area contributed by atoms with Gasteiger partial charge in [0.25, 0.3) is 0 Å². The summed E-state index contributed by atoms with van der Waals surface area (Å²) in [5, 5.41) is 1.70. The number of allylic oxidation sites excluding steroid dienone is 6. The van der Waals surface area contributed by atoms with Gasteiger partial charge in [0.1, 0.15) is 0 Å². The number of fused-ring (bicyclic) bond motifs is 2. The zero-order chi connectivity index (χ0) is 25.8. The fraction of sp³-hybridized carbons (Fsp3) is 0.394. The second kappa shape index (κ2) is 11.6. The van der Waals surface area contributed by atoms with Crippen molar-refractivity contribution in [3.8, 4) is 0 Å². The third-order valence-corrected chi connectivity index (χ3v) is 9.69. The van der Waals surface area contributed by atoms with Crippen LogP contribution >= 0.6 is 23.5 Å². The molecule has 5 rings (SSSR count). The van der Waals surface area contributed by atoms with Crippen molar-refractivity contribution in [1.82, 2.24) is 0 Å². The summed E-state index contributed by atoms with van der Waals surface area (Å²) in [7, 11) is 0. The molecule has 2 aliphatic heterocycles. The van der Waals surface area contributed by atoms with Gasteiger partial charge in [0.15, 0.2) is 0 Å². The number of para-hydroxylation sites is 2. The number of nitrogens with zero attached hydrogens (tertiary/aromatic N) is 2. The van der Waals surface area contributed by atoms with Gasteiger partial charge in [-0.2, -0.15) is 0 Å². The first-order valence-electron chi connectivity index (χ1n) is 13.8. The molecule has 0 fully saturated rings. The molecule has 0 saturated heterocycles. The molecule has 1 aliphatic carbocycles. The molecule has 1 atom stereocenters. The maximum atomic E-state index is 2.63. The van der Waals surface area contributed by atoms with Gasteiger partial charge >= 0.3 is 0 Å². The quantitative estimate of drug-likeness (QED) is 0.314. The van der Waals surface area contributed by atoms with Crippen LogP contribution in [-0.2, 0) is 0 Å². The number of hydrogen-bond acceptors (Lipinski definition) is 4. The Morgan fingerprint density at radius 1 is 0.946 bits per heavy atom. The van der Waals surface area contributed by atoms with E-state index >= 15 is 0 Å². The van der Waals surface area contributed by atoms with Crippen molar-refractivity contribution in [2.24, 2.45) is 5.41 Å². The minimum atomic E-state index is 0.268. The van der Waals surface area contributed by atoms with Crippen molar-refractivity contribution in [3.05, 3.63) is 95.1 Å². The molecule has 2 aromatic carbocycles. The van der Waals surface area contributed by atoms with Gasteiger partial charge in [-0.05, 0) is 79.2 Å². The van der Waals surface area contributed by atoms with Crippen LogP contribution in [0.2, 0.25) is 0 Å². The van der Waals surface area contributed by atoms with Crippen molar-refractivity contribution in [3.63, 3.8) is 0 Å². The van der Waals surface area contributed by atoms with Crippen LogP contribution in [0.3, 0.4) is 0 Å². The van der Waals surface area contributed by atoms with Crippen LogP contribution in [-0.4, -0.2) is 18.5 Å². The van der Waals surface area contributed by atoms with E-state index in [1.54, 1.807) is 0 Å². The van der Waals surface area contributed by atoms with Crippen LogP contribution in [0.1, 0.15) is 59.8 Å². The highest BCUT2D eigenvalue weighted by Gasteiger charge is 2.30. The molecule has 0 spiro atoms. The predicted octanol–water partition coefficient (Wildman–Crippen LogP) is 9.82. The van der Waals surface area contributed by atoms with Crippen molar-refractivity contribution >= 4 is 34.9 Å². The van der Waals surface area contributed by atoms with Crippen LogP contribution in [0.25, 0.3) is 0 Å². The molecule has 2 heterocycles. The van der Waals surface area contributed by atoms with E-state index in [9.17, 15) is 0 Å². The van der Waals surface area contributed by atoms with Crippen LogP contribution in [0.15, 0.2) is 105 Å². The Labute approximate surface area is 232 Å². The van der Waals surface area contributed by atoms with Gasteiger partial charge in [0, 0.05) is 22.9 Å². The first-order chi connectivity index (χ1) is 18.0. The second-order valence-electron chi connectivity index (χ2n) is 11.0. The van der Waals surface area contributed by atoms with E-state index in [-0.39, 0.29) is 5.41 Å². The summed E-state index contributed by atoms with van der Waals surface area (Å²) in [6.07, 6.45) is 18.0. The molecule has 194 valence electrons. The van der Waals surface area contributed by atoms with E-state index in [1.807, 2.05) is 23.5 Å². The molecule has 0 amide bonds. The first-order valence-corrected chi connectivity index (χ1v) is 15.5. The van der Waals surface area contributed by atoms with E-state index in [4.69, 9.17) is 0 Å². The molecule has 2 aromatic rings. The lowest BCUT2D eigenvalue weighted by atomic mass is 9.75. The molecule has 0 bridgehead atoms. The maximum Gasteiger partial charge on any atom is 0.0988 e. The Bertz CT molecular complexity index is 1240. The third-order valence-electron chi connectivity index (χ3n) is 7.33. The Kier molecular flexibility index (Phi) is 8.26. The first kappa shape index (κ1) is 26.3. The third kappa shape index (κ3) is 6.07. The zero-order valence-corrected chi connectivity index (χ0v) is 24.4. The van der Waals surface area contributed by atoms with Crippen molar-refractivity contribution in [2.45, 2.75) is 75.0 Å². The Morgan fingerprint density at radius 2 is 1.70 bits per heavy atom. The molecular formula is C33H40N2S2. The molecule has 0 N–H and O–H groups in total. The van der Waals surface area contributed by atoms with E-state index in [0.29, 0.717) is 5.37 Å². The summed E-state index contributed by atoms with van der Waals surface area (Å²) in [6.45, 7) is 11.5. The molecule has 1 unspecified atom stereocenters. The van der Waals surface area contributed by atoms with Crippen LogP contribution < -0.4 is 9.80 Å². The standard InChI is InChI=1S/C33H40N2S2/c1-5-7-12-20-35-28-16-9-11-18-30(28)37-32(35)22-26-21-25(23-33(3,4)24-26)14-13-19-31-34(6-2)27-15-8-10-17-29(27)36-31/h8-11,13-19,21-22,32H,5-7,12,20,23-24H2,1-4H3. The fourth-order valence-corrected chi connectivity index (χ4v) is 8.14. The van der Waals surface area contributed by atoms with Crippen molar-refractivity contribution in [1.29, 1.82) is 0 Å². The number of hydrogen-bond donors (Lipinski definition) is 0. The maximum absolute atomic E-state index is 2.63. The van der Waals surface area contributed by atoms with E-state index in [0.717, 1.165) is 25.9 Å². The van der Waals surface area contributed by atoms with Gasteiger partial charge in [-0.25, -0.2) is 0 Å². The van der Waals surface area contributed by atoms with E-state index in [2.05, 4.69) is 116 Å². The van der Waals surface area contributed by atoms with Gasteiger partial charge in [-0.15, -0.1) is 0 Å². The molecular weight excluding hydrogens is 489 g/mol. The van der Waals surface area contributed by atoms with E-state index in [1.165, 1.54) is 56.6 Å². The Hall–Kier alpha value is -2.30. The lowest BCUT2D eigenvalue weighted by Gasteiger charge is -2.32. The minimum absolute atomic E-state index is 0.268. The minimum Gasteiger partial charge on any atom is -0.355 e. The van der Waals surface area contributed by atoms with Gasteiger partial charge in [0.05, 0.1) is 21.8 Å². The molecule has 3 aliphatic rings. The van der Waals surface area contributed by atoms with Crippen LogP contribution in [0.4, 0.5) is 11.4 Å². The zero-order valence-electron chi connectivity index (χ0n) is 22.7. The van der Waals surface area contributed by atoms with Crippen LogP contribution in [0.5, 0.6) is 0 Å². The Balaban J connectivity index is 1.36. The monoisotopic (exact) mass is 528 g/mol. The summed E-state index contributed by atoms with van der Waals surface area (Å²) < 4.78 is 0. The summed E-state index contributed by atoms with van der Waals surface area (Å²) in [6, 6.07) is 17.7. The number of thioether (sulfide) groups is 2. The number of rotatable bonds is 8. The molecule has 0 saturated carbocycles. The van der Waals surface area contributed by atoms with Crippen molar-refractivity contribution < 1.29 is 0 Å².